The molecule has 0 spiro atoms. The third-order valence-electron chi connectivity index (χ3n) is 16.2. The van der Waals surface area contributed by atoms with Gasteiger partial charge in [-0.2, -0.15) is 4.80 Å². The van der Waals surface area contributed by atoms with Gasteiger partial charge in [0.2, 0.25) is 0 Å². The Labute approximate surface area is 288 Å². The summed E-state index contributed by atoms with van der Waals surface area (Å²) >= 11 is 0. The third kappa shape index (κ3) is 4.80. The number of nitrogens with zero attached hydrogens (tertiary/aromatic N) is 4. The number of hydrogen-bond acceptors (Lipinski definition) is 8. The van der Waals surface area contributed by atoms with Crippen LogP contribution >= 0.6 is 0 Å². The van der Waals surface area contributed by atoms with E-state index >= 15 is 0 Å². The van der Waals surface area contributed by atoms with E-state index in [4.69, 9.17) is 15.2 Å². The van der Waals surface area contributed by atoms with Crippen LogP contribution in [0.3, 0.4) is 0 Å². The molecule has 1 unspecified atom stereocenters. The van der Waals surface area contributed by atoms with Gasteiger partial charge in [0.25, 0.3) is 5.95 Å². The third-order valence-corrected chi connectivity index (χ3v) is 16.2. The lowest BCUT2D eigenvalue weighted by Gasteiger charge is -2.71. The summed E-state index contributed by atoms with van der Waals surface area (Å²) in [4.78, 5) is 15.2. The van der Waals surface area contributed by atoms with E-state index in [2.05, 4.69) is 96.0 Å². The minimum Gasteiger partial charge on any atom is -0.481 e. The van der Waals surface area contributed by atoms with Crippen molar-refractivity contribution in [2.45, 2.75) is 125 Å². The minimum atomic E-state index is -0.627. The van der Waals surface area contributed by atoms with Gasteiger partial charge in [0.1, 0.15) is 6.04 Å². The summed E-state index contributed by atoms with van der Waals surface area (Å²) in [6, 6.07) is -0.165. The molecule has 4 aliphatic carbocycles. The molecule has 1 aliphatic heterocycles. The van der Waals surface area contributed by atoms with Crippen molar-refractivity contribution in [2.24, 2.45) is 62.6 Å². The van der Waals surface area contributed by atoms with Gasteiger partial charge in [-0.3, -0.25) is 4.79 Å². The molecule has 4 fully saturated rings. The molecular weight excluding hydrogens is 604 g/mol. The molecule has 5 aliphatic rings. The number of nitrogen functional groups attached to an aromatic ring is 1. The number of anilines is 1. The molecule has 0 amide bonds. The van der Waals surface area contributed by atoms with E-state index in [1.165, 1.54) is 5.57 Å². The first-order valence-corrected chi connectivity index (χ1v) is 18.7. The second-order valence-corrected chi connectivity index (χ2v) is 18.6. The Morgan fingerprint density at radius 2 is 1.85 bits per heavy atom. The molecule has 2 bridgehead atoms. The van der Waals surface area contributed by atoms with Gasteiger partial charge in [-0.1, -0.05) is 79.1 Å². The number of nitrogens with two attached hydrogens (primary N) is 1. The van der Waals surface area contributed by atoms with E-state index in [0.717, 1.165) is 38.5 Å². The average molecular weight is 669 g/mol. The highest BCUT2D eigenvalue weighted by Gasteiger charge is 2.72. The van der Waals surface area contributed by atoms with E-state index in [9.17, 15) is 9.90 Å². The molecule has 48 heavy (non-hydrogen) atoms. The number of tetrazole rings is 1. The molecule has 1 aromatic heterocycles. The number of fused-ring (bicyclic) bond motifs is 3. The lowest BCUT2D eigenvalue weighted by Crippen LogP contribution is -2.69. The number of likely N-dealkylation sites (N-methyl/N-ethyl adjacent to an activating group) is 1. The molecule has 10 nitrogen and oxygen atoms in total. The number of hydrogen-bond donors (Lipinski definition) is 3. The summed E-state index contributed by atoms with van der Waals surface area (Å²) in [6.07, 6.45) is 7.96. The Balaban J connectivity index is 1.44. The number of allylic oxidation sites excluding steroid dienone is 1. The second kappa shape index (κ2) is 11.8. The van der Waals surface area contributed by atoms with Crippen molar-refractivity contribution in [1.29, 1.82) is 0 Å². The molecule has 0 aromatic carbocycles. The van der Waals surface area contributed by atoms with E-state index in [-0.39, 0.29) is 50.7 Å². The topological polar surface area (TPSA) is 137 Å². The number of nitrogens with one attached hydrogen (secondary N) is 1. The molecule has 4 N–H and O–H groups in total. The van der Waals surface area contributed by atoms with Crippen molar-refractivity contribution in [2.75, 3.05) is 32.6 Å². The summed E-state index contributed by atoms with van der Waals surface area (Å²) in [6.45, 7) is 24.7. The first-order valence-electron chi connectivity index (χ1n) is 18.7. The van der Waals surface area contributed by atoms with Gasteiger partial charge < -0.3 is 25.6 Å². The van der Waals surface area contributed by atoms with Crippen LogP contribution in [0.1, 0.15) is 114 Å². The summed E-state index contributed by atoms with van der Waals surface area (Å²) in [7, 11) is 2.01. The molecule has 2 heterocycles. The summed E-state index contributed by atoms with van der Waals surface area (Å²) in [5.74, 6) is 0.886. The van der Waals surface area contributed by atoms with Gasteiger partial charge in [-0.15, -0.1) is 5.10 Å². The number of ether oxygens (including phenoxy) is 2. The molecule has 0 radical (unpaired) electrons. The zero-order chi connectivity index (χ0) is 35.2. The van der Waals surface area contributed by atoms with Crippen LogP contribution in [-0.2, 0) is 14.3 Å². The van der Waals surface area contributed by atoms with Crippen molar-refractivity contribution in [1.82, 2.24) is 25.5 Å². The van der Waals surface area contributed by atoms with E-state index < -0.39 is 11.9 Å². The van der Waals surface area contributed by atoms with Crippen molar-refractivity contribution in [3.8, 4) is 0 Å². The Bertz CT molecular complexity index is 1430. The number of carboxylic acid groups (broad SMARTS) is 1. The van der Waals surface area contributed by atoms with Crippen LogP contribution in [-0.4, -0.2) is 69.8 Å². The molecule has 12 atom stereocenters. The van der Waals surface area contributed by atoms with Crippen LogP contribution in [0.2, 0.25) is 0 Å². The second-order valence-electron chi connectivity index (χ2n) is 18.6. The molecule has 1 aromatic rings. The zero-order valence-electron chi connectivity index (χ0n) is 31.6. The molecule has 1 saturated heterocycles. The minimum absolute atomic E-state index is 0.144. The highest BCUT2D eigenvalue weighted by Crippen LogP contribution is 2.75. The van der Waals surface area contributed by atoms with E-state index in [1.807, 2.05) is 7.05 Å². The van der Waals surface area contributed by atoms with E-state index in [0.29, 0.717) is 49.4 Å². The van der Waals surface area contributed by atoms with Crippen molar-refractivity contribution in [3.63, 3.8) is 0 Å². The summed E-state index contributed by atoms with van der Waals surface area (Å²) in [5, 5.41) is 27.8. The van der Waals surface area contributed by atoms with Crippen LogP contribution in [0.15, 0.2) is 11.6 Å². The predicted molar refractivity (Wildman–Crippen MR) is 187 cm³/mol. The van der Waals surface area contributed by atoms with Gasteiger partial charge in [-0.05, 0) is 104 Å². The smallest absolute Gasteiger partial charge is 0.307 e. The SMILES string of the molecule is CN[C@@](C)(CO[C@H]1[C@H](n2nnc(N)n2)C[C@@]23COC[C@]1(C)[C@@H]2CCC1C3=CC[C@@]2(C)[C@H](C(=O)O)[C@@](C)([C@H](C)C(C)C)CC[C@]12C)C(C)C. The summed E-state index contributed by atoms with van der Waals surface area (Å²) in [5.41, 5.74) is 6.10. The Morgan fingerprint density at radius 3 is 2.44 bits per heavy atom. The average Bonchev–Trinajstić information content (AvgIpc) is 3.45. The summed E-state index contributed by atoms with van der Waals surface area (Å²) < 4.78 is 13.8. The Morgan fingerprint density at radius 1 is 1.15 bits per heavy atom. The molecule has 270 valence electrons. The Hall–Kier alpha value is -2.04. The predicted octanol–water partition coefficient (Wildman–Crippen LogP) is 6.40. The van der Waals surface area contributed by atoms with Crippen LogP contribution < -0.4 is 11.1 Å². The van der Waals surface area contributed by atoms with Crippen LogP contribution in [0.5, 0.6) is 0 Å². The van der Waals surface area contributed by atoms with Gasteiger partial charge in [0.15, 0.2) is 0 Å². The van der Waals surface area contributed by atoms with Crippen LogP contribution in [0, 0.1) is 62.6 Å². The lowest BCUT2D eigenvalue weighted by molar-refractivity contribution is -0.254. The highest BCUT2D eigenvalue weighted by atomic mass is 16.5. The maximum absolute atomic E-state index is 13.4. The molecular formula is C38H64N6O4. The van der Waals surface area contributed by atoms with Crippen molar-refractivity contribution < 1.29 is 19.4 Å². The van der Waals surface area contributed by atoms with Crippen LogP contribution in [0.4, 0.5) is 5.95 Å². The standard InChI is InChI=1S/C38H64N6O4/c1-22(2)24(5)33(6)16-17-35(8)25-12-13-28-34(7)19-47-21-38(28,26(25)14-15-36(35,9)29(33)31(45)46)18-27(44-42-32(39)41-43-44)30(34)48-20-37(10,40-11)23(3)4/h14,22-25,27-30,40H,12-13,15-21H2,1-11H3,(H2,39,42)(H,45,46)/t24-,25?,27-,28+,29-,30+,33-,34-,35-,36+,37+,38+/m1/s1. The monoisotopic (exact) mass is 668 g/mol. The lowest BCUT2D eigenvalue weighted by atomic mass is 9.34. The van der Waals surface area contributed by atoms with Gasteiger partial charge >= 0.3 is 5.97 Å². The van der Waals surface area contributed by atoms with Crippen LogP contribution in [0.25, 0.3) is 0 Å². The fourth-order valence-corrected chi connectivity index (χ4v) is 12.3. The van der Waals surface area contributed by atoms with Gasteiger partial charge in [0, 0.05) is 16.4 Å². The Kier molecular flexibility index (Phi) is 8.76. The first kappa shape index (κ1) is 35.8. The zero-order valence-corrected chi connectivity index (χ0v) is 31.6. The quantitative estimate of drug-likeness (QED) is 0.255. The number of aliphatic carboxylic acids is 1. The van der Waals surface area contributed by atoms with Gasteiger partial charge in [-0.25, -0.2) is 0 Å². The number of aromatic nitrogens is 4. The van der Waals surface area contributed by atoms with Crippen molar-refractivity contribution in [3.05, 3.63) is 11.6 Å². The fraction of sp³-hybridized carbons (Fsp3) is 0.895. The molecule has 3 saturated carbocycles. The van der Waals surface area contributed by atoms with Crippen molar-refractivity contribution >= 4 is 11.9 Å². The normalized spacial score (nSPS) is 44.3. The number of carboxylic acids is 1. The molecule has 6 rings (SSSR count). The largest absolute Gasteiger partial charge is 0.481 e. The van der Waals surface area contributed by atoms with Gasteiger partial charge in [0.05, 0.1) is 31.8 Å². The molecule has 10 heteroatoms. The maximum Gasteiger partial charge on any atom is 0.307 e. The highest BCUT2D eigenvalue weighted by molar-refractivity contribution is 5.73. The first-order chi connectivity index (χ1) is 22.3. The maximum atomic E-state index is 13.4. The van der Waals surface area contributed by atoms with E-state index in [1.54, 1.807) is 4.80 Å². The fourth-order valence-electron chi connectivity index (χ4n) is 12.3. The number of rotatable bonds is 9. The number of carbonyl (C=O) groups is 1.